The molecule has 1 aromatic carbocycles. The van der Waals surface area contributed by atoms with Crippen molar-refractivity contribution < 1.29 is 0 Å². The van der Waals surface area contributed by atoms with Crippen molar-refractivity contribution in [2.75, 3.05) is 11.8 Å². The second-order valence-corrected chi connectivity index (χ2v) is 5.73. The van der Waals surface area contributed by atoms with E-state index in [0.717, 1.165) is 29.8 Å². The van der Waals surface area contributed by atoms with Crippen molar-refractivity contribution in [3.8, 4) is 0 Å². The molecule has 1 aromatic rings. The molecule has 0 aliphatic carbocycles. The molecule has 0 N–H and O–H groups in total. The van der Waals surface area contributed by atoms with Gasteiger partial charge in [-0.2, -0.15) is 0 Å². The highest BCUT2D eigenvalue weighted by Crippen LogP contribution is 2.34. The number of alkyl halides is 2. The van der Waals surface area contributed by atoms with Gasteiger partial charge in [-0.1, -0.05) is 37.1 Å². The number of hydrogen-bond acceptors (Lipinski definition) is 0. The van der Waals surface area contributed by atoms with Gasteiger partial charge in [0.2, 0.25) is 0 Å². The van der Waals surface area contributed by atoms with Gasteiger partial charge in [0.1, 0.15) is 0 Å². The third-order valence-corrected chi connectivity index (χ3v) is 4.61. The van der Waals surface area contributed by atoms with Crippen molar-refractivity contribution in [1.29, 1.82) is 0 Å². The zero-order chi connectivity index (χ0) is 12.9. The van der Waals surface area contributed by atoms with Crippen LogP contribution >= 0.6 is 34.8 Å². The third-order valence-electron chi connectivity index (χ3n) is 3.12. The summed E-state index contributed by atoms with van der Waals surface area (Å²) in [7, 11) is 0. The highest BCUT2D eigenvalue weighted by molar-refractivity contribution is 6.31. The van der Waals surface area contributed by atoms with Gasteiger partial charge >= 0.3 is 0 Å². The lowest BCUT2D eigenvalue weighted by Gasteiger charge is -2.29. The van der Waals surface area contributed by atoms with Crippen molar-refractivity contribution in [3.05, 3.63) is 34.3 Å². The predicted molar refractivity (Wildman–Crippen MR) is 78.7 cm³/mol. The Bertz CT molecular complexity index is 356. The molecule has 1 rings (SSSR count). The number of rotatable bonds is 6. The van der Waals surface area contributed by atoms with Gasteiger partial charge in [0.15, 0.2) is 0 Å². The molecule has 96 valence electrons. The lowest BCUT2D eigenvalue weighted by Crippen LogP contribution is -2.28. The Labute approximate surface area is 119 Å². The maximum atomic E-state index is 6.26. The molecule has 0 aromatic heterocycles. The minimum absolute atomic E-state index is 0.0310. The first-order chi connectivity index (χ1) is 8.06. The molecule has 0 saturated carbocycles. The summed E-state index contributed by atoms with van der Waals surface area (Å²) < 4.78 is 0. The number of hydrogen-bond donors (Lipinski definition) is 0. The first-order valence-electron chi connectivity index (χ1n) is 5.94. The minimum Gasteiger partial charge on any atom is -0.126 e. The fourth-order valence-corrected chi connectivity index (χ4v) is 3.13. The minimum atomic E-state index is -0.0310. The molecule has 0 heterocycles. The van der Waals surface area contributed by atoms with Crippen molar-refractivity contribution in [2.24, 2.45) is 5.41 Å². The van der Waals surface area contributed by atoms with Gasteiger partial charge < -0.3 is 0 Å². The summed E-state index contributed by atoms with van der Waals surface area (Å²) >= 11 is 18.5. The van der Waals surface area contributed by atoms with E-state index in [-0.39, 0.29) is 5.41 Å². The first-order valence-corrected chi connectivity index (χ1v) is 7.38. The Kier molecular flexibility index (Phi) is 6.12. The topological polar surface area (TPSA) is 0 Å². The zero-order valence-electron chi connectivity index (χ0n) is 10.4. The second-order valence-electron chi connectivity index (χ2n) is 4.79. The van der Waals surface area contributed by atoms with Crippen LogP contribution in [0.2, 0.25) is 5.02 Å². The SMILES string of the molecule is CCCC(CCl)(CCl)Cc1ccc(C)cc1Cl. The summed E-state index contributed by atoms with van der Waals surface area (Å²) in [6.07, 6.45) is 2.97. The molecule has 0 fully saturated rings. The maximum absolute atomic E-state index is 6.26. The van der Waals surface area contributed by atoms with E-state index in [0.29, 0.717) is 11.8 Å². The van der Waals surface area contributed by atoms with E-state index >= 15 is 0 Å². The van der Waals surface area contributed by atoms with Crippen LogP contribution in [0.5, 0.6) is 0 Å². The molecule has 0 spiro atoms. The van der Waals surface area contributed by atoms with Crippen LogP contribution < -0.4 is 0 Å². The van der Waals surface area contributed by atoms with Crippen molar-refractivity contribution in [1.82, 2.24) is 0 Å². The average molecular weight is 294 g/mol. The largest absolute Gasteiger partial charge is 0.126 e. The summed E-state index contributed by atoms with van der Waals surface area (Å²) in [5.41, 5.74) is 2.29. The standard InChI is InChI=1S/C14H19Cl3/c1-3-6-14(9-15,10-16)8-12-5-4-11(2)7-13(12)17/h4-5,7H,3,6,8-10H2,1-2H3. The van der Waals surface area contributed by atoms with Gasteiger partial charge in [-0.3, -0.25) is 0 Å². The van der Waals surface area contributed by atoms with Crippen LogP contribution in [0.4, 0.5) is 0 Å². The lowest BCUT2D eigenvalue weighted by atomic mass is 9.81. The van der Waals surface area contributed by atoms with Crippen LogP contribution in [-0.2, 0) is 6.42 Å². The van der Waals surface area contributed by atoms with Crippen LogP contribution in [0.15, 0.2) is 18.2 Å². The van der Waals surface area contributed by atoms with Gasteiger partial charge in [0.25, 0.3) is 0 Å². The fourth-order valence-electron chi connectivity index (χ4n) is 2.08. The van der Waals surface area contributed by atoms with E-state index in [1.54, 1.807) is 0 Å². The molecule has 0 saturated heterocycles. The van der Waals surface area contributed by atoms with Gasteiger partial charge in [-0.05, 0) is 37.0 Å². The average Bonchev–Trinajstić information content (AvgIpc) is 2.32. The van der Waals surface area contributed by atoms with Gasteiger partial charge in [-0.15, -0.1) is 23.2 Å². The molecular weight excluding hydrogens is 275 g/mol. The molecular formula is C14H19Cl3. The Morgan fingerprint density at radius 3 is 2.29 bits per heavy atom. The fraction of sp³-hybridized carbons (Fsp3) is 0.571. The molecule has 0 nitrogen and oxygen atoms in total. The quantitative estimate of drug-likeness (QED) is 0.611. The van der Waals surface area contributed by atoms with E-state index in [9.17, 15) is 0 Å². The monoisotopic (exact) mass is 292 g/mol. The smallest absolute Gasteiger partial charge is 0.0440 e. The van der Waals surface area contributed by atoms with E-state index in [1.165, 1.54) is 5.56 Å². The summed E-state index contributed by atoms with van der Waals surface area (Å²) in [6.45, 7) is 4.20. The molecule has 0 radical (unpaired) electrons. The maximum Gasteiger partial charge on any atom is 0.0440 e. The van der Waals surface area contributed by atoms with Gasteiger partial charge in [-0.25, -0.2) is 0 Å². The molecule has 0 atom stereocenters. The summed E-state index contributed by atoms with van der Waals surface area (Å²) in [4.78, 5) is 0. The summed E-state index contributed by atoms with van der Waals surface area (Å²) in [5.74, 6) is 1.16. The van der Waals surface area contributed by atoms with Crippen LogP contribution in [0.25, 0.3) is 0 Å². The molecule has 0 aliphatic heterocycles. The summed E-state index contributed by atoms with van der Waals surface area (Å²) in [5, 5.41) is 0.820. The van der Waals surface area contributed by atoms with Gasteiger partial charge in [0, 0.05) is 22.2 Å². The Balaban J connectivity index is 2.92. The Morgan fingerprint density at radius 2 is 1.82 bits per heavy atom. The van der Waals surface area contributed by atoms with Gasteiger partial charge in [0.05, 0.1) is 0 Å². The summed E-state index contributed by atoms with van der Waals surface area (Å²) in [6, 6.07) is 6.16. The molecule has 0 amide bonds. The van der Waals surface area contributed by atoms with Crippen molar-refractivity contribution >= 4 is 34.8 Å². The van der Waals surface area contributed by atoms with E-state index in [2.05, 4.69) is 19.1 Å². The number of benzene rings is 1. The van der Waals surface area contributed by atoms with Crippen LogP contribution in [-0.4, -0.2) is 11.8 Å². The van der Waals surface area contributed by atoms with E-state index in [1.807, 2.05) is 13.0 Å². The van der Waals surface area contributed by atoms with Crippen LogP contribution in [0.1, 0.15) is 30.9 Å². The lowest BCUT2D eigenvalue weighted by molar-refractivity contribution is 0.341. The van der Waals surface area contributed by atoms with E-state index < -0.39 is 0 Å². The third kappa shape index (κ3) is 4.05. The normalized spacial score (nSPS) is 11.8. The van der Waals surface area contributed by atoms with Crippen LogP contribution in [0, 0.1) is 12.3 Å². The zero-order valence-corrected chi connectivity index (χ0v) is 12.7. The first kappa shape index (κ1) is 15.1. The molecule has 17 heavy (non-hydrogen) atoms. The van der Waals surface area contributed by atoms with Crippen molar-refractivity contribution in [3.63, 3.8) is 0 Å². The molecule has 3 heteroatoms. The predicted octanol–water partition coefficient (Wildman–Crippen LogP) is 5.46. The highest BCUT2D eigenvalue weighted by Gasteiger charge is 2.28. The Morgan fingerprint density at radius 1 is 1.18 bits per heavy atom. The Hall–Kier alpha value is 0.0900. The highest BCUT2D eigenvalue weighted by atomic mass is 35.5. The molecule has 0 bridgehead atoms. The van der Waals surface area contributed by atoms with E-state index in [4.69, 9.17) is 34.8 Å². The number of halogens is 3. The second kappa shape index (κ2) is 6.87. The van der Waals surface area contributed by atoms with Crippen molar-refractivity contribution in [2.45, 2.75) is 33.1 Å². The molecule has 0 unspecified atom stereocenters. The van der Waals surface area contributed by atoms with Crippen LogP contribution in [0.3, 0.4) is 0 Å². The number of aryl methyl sites for hydroxylation is 1. The molecule has 0 aliphatic rings.